The van der Waals surface area contributed by atoms with Crippen molar-refractivity contribution in [2.24, 2.45) is 5.92 Å². The molecule has 2 rings (SSSR count). The van der Waals surface area contributed by atoms with E-state index in [1.807, 2.05) is 6.92 Å². The summed E-state index contributed by atoms with van der Waals surface area (Å²) >= 11 is 0. The first-order valence-corrected chi connectivity index (χ1v) is 6.73. The van der Waals surface area contributed by atoms with E-state index in [0.29, 0.717) is 18.0 Å². The third kappa shape index (κ3) is 3.13. The summed E-state index contributed by atoms with van der Waals surface area (Å²) in [6.45, 7) is 2.61. The van der Waals surface area contributed by atoms with Crippen molar-refractivity contribution in [2.75, 3.05) is 6.54 Å². The van der Waals surface area contributed by atoms with Crippen molar-refractivity contribution in [3.63, 3.8) is 0 Å². The molecule has 0 aliphatic heterocycles. The molecular formula is C14H21NO3. The highest BCUT2D eigenvalue weighted by molar-refractivity contribution is 5.95. The first-order chi connectivity index (χ1) is 8.70. The average Bonchev–Trinajstić information content (AvgIpc) is 2.84. The summed E-state index contributed by atoms with van der Waals surface area (Å²) in [5.41, 5.74) is 0.633. The van der Waals surface area contributed by atoms with Crippen LogP contribution >= 0.6 is 0 Å². The van der Waals surface area contributed by atoms with Crippen LogP contribution in [0.2, 0.25) is 0 Å². The van der Waals surface area contributed by atoms with Crippen LogP contribution in [0.5, 0.6) is 0 Å². The van der Waals surface area contributed by atoms with Crippen LogP contribution in [0.3, 0.4) is 0 Å². The van der Waals surface area contributed by atoms with Gasteiger partial charge in [-0.1, -0.05) is 13.3 Å². The number of furan rings is 1. The Balaban J connectivity index is 1.84. The van der Waals surface area contributed by atoms with Gasteiger partial charge in [0.2, 0.25) is 0 Å². The minimum absolute atomic E-state index is 0.0688. The summed E-state index contributed by atoms with van der Waals surface area (Å²) in [5, 5.41) is 12.5. The predicted octanol–water partition coefficient (Wildman–Crippen LogP) is 2.12. The fraction of sp³-hybridized carbons (Fsp3) is 0.643. The second-order valence-electron chi connectivity index (χ2n) is 5.01. The van der Waals surface area contributed by atoms with Gasteiger partial charge in [0, 0.05) is 13.0 Å². The fourth-order valence-corrected chi connectivity index (χ4v) is 2.60. The molecule has 1 aliphatic carbocycles. The Morgan fingerprint density at radius 3 is 3.11 bits per heavy atom. The zero-order valence-corrected chi connectivity index (χ0v) is 10.8. The third-order valence-electron chi connectivity index (χ3n) is 3.62. The lowest BCUT2D eigenvalue weighted by atomic mass is 9.87. The van der Waals surface area contributed by atoms with Crippen LogP contribution in [0.25, 0.3) is 0 Å². The lowest BCUT2D eigenvalue weighted by Gasteiger charge is -2.25. The monoisotopic (exact) mass is 251 g/mol. The molecule has 4 nitrogen and oxygen atoms in total. The maximum Gasteiger partial charge on any atom is 0.254 e. The Bertz CT molecular complexity index is 399. The molecule has 2 unspecified atom stereocenters. The molecule has 1 amide bonds. The van der Waals surface area contributed by atoms with Crippen molar-refractivity contribution in [2.45, 2.75) is 45.1 Å². The van der Waals surface area contributed by atoms with Crippen molar-refractivity contribution in [1.29, 1.82) is 0 Å². The van der Waals surface area contributed by atoms with Gasteiger partial charge in [-0.05, 0) is 31.2 Å². The fourth-order valence-electron chi connectivity index (χ4n) is 2.60. The molecule has 0 saturated heterocycles. The van der Waals surface area contributed by atoms with Gasteiger partial charge in [-0.2, -0.15) is 0 Å². The number of rotatable bonds is 4. The molecule has 1 aliphatic rings. The first-order valence-electron chi connectivity index (χ1n) is 6.73. The summed E-state index contributed by atoms with van der Waals surface area (Å²) in [5.74, 6) is 1.06. The van der Waals surface area contributed by atoms with Gasteiger partial charge in [-0.15, -0.1) is 0 Å². The largest absolute Gasteiger partial charge is 0.469 e. The van der Waals surface area contributed by atoms with Gasteiger partial charge < -0.3 is 14.8 Å². The Labute approximate surface area is 107 Å². The molecule has 1 aromatic rings. The molecular weight excluding hydrogens is 230 g/mol. The normalized spacial score (nSPS) is 23.9. The average molecular weight is 251 g/mol. The summed E-state index contributed by atoms with van der Waals surface area (Å²) in [6, 6.07) is 1.71. The number of amides is 1. The van der Waals surface area contributed by atoms with Gasteiger partial charge in [0.15, 0.2) is 0 Å². The smallest absolute Gasteiger partial charge is 0.254 e. The molecule has 0 bridgehead atoms. The van der Waals surface area contributed by atoms with Crippen LogP contribution < -0.4 is 5.32 Å². The van der Waals surface area contributed by atoms with Crippen LogP contribution in [-0.4, -0.2) is 23.7 Å². The van der Waals surface area contributed by atoms with E-state index in [1.165, 1.54) is 0 Å². The Kier molecular flexibility index (Phi) is 4.42. The van der Waals surface area contributed by atoms with E-state index >= 15 is 0 Å². The SMILES string of the molecule is CCc1occc1C(=O)NCC1CCCC(O)C1. The van der Waals surface area contributed by atoms with Gasteiger partial charge in [0.25, 0.3) is 5.91 Å². The Morgan fingerprint density at radius 2 is 2.39 bits per heavy atom. The molecule has 1 fully saturated rings. The second-order valence-corrected chi connectivity index (χ2v) is 5.01. The quantitative estimate of drug-likeness (QED) is 0.861. The van der Waals surface area contributed by atoms with Gasteiger partial charge in [0.1, 0.15) is 5.76 Å². The lowest BCUT2D eigenvalue weighted by Crippen LogP contribution is -2.33. The zero-order chi connectivity index (χ0) is 13.0. The Hall–Kier alpha value is -1.29. The third-order valence-corrected chi connectivity index (χ3v) is 3.62. The van der Waals surface area contributed by atoms with Crippen LogP contribution in [0, 0.1) is 5.92 Å². The Morgan fingerprint density at radius 1 is 1.56 bits per heavy atom. The van der Waals surface area contributed by atoms with E-state index in [-0.39, 0.29) is 12.0 Å². The zero-order valence-electron chi connectivity index (χ0n) is 10.8. The number of aliphatic hydroxyl groups excluding tert-OH is 1. The molecule has 2 atom stereocenters. The van der Waals surface area contributed by atoms with Crippen molar-refractivity contribution >= 4 is 5.91 Å². The number of carbonyl (C=O) groups is 1. The molecule has 2 N–H and O–H groups in total. The molecule has 0 spiro atoms. The van der Waals surface area contributed by atoms with Crippen molar-refractivity contribution in [1.82, 2.24) is 5.32 Å². The second kappa shape index (κ2) is 6.05. The summed E-state index contributed by atoms with van der Waals surface area (Å²) in [7, 11) is 0. The highest BCUT2D eigenvalue weighted by Crippen LogP contribution is 2.23. The number of hydrogen-bond acceptors (Lipinski definition) is 3. The maximum absolute atomic E-state index is 12.0. The van der Waals surface area contributed by atoms with E-state index in [4.69, 9.17) is 4.42 Å². The summed E-state index contributed by atoms with van der Waals surface area (Å²) in [4.78, 5) is 12.0. The summed E-state index contributed by atoms with van der Waals surface area (Å²) in [6.07, 6.45) is 5.91. The van der Waals surface area contributed by atoms with Gasteiger partial charge in [0.05, 0.1) is 17.9 Å². The number of carbonyl (C=O) groups excluding carboxylic acids is 1. The minimum Gasteiger partial charge on any atom is -0.469 e. The number of hydrogen-bond donors (Lipinski definition) is 2. The van der Waals surface area contributed by atoms with E-state index in [2.05, 4.69) is 5.32 Å². The van der Waals surface area contributed by atoms with Crippen LogP contribution in [0.15, 0.2) is 16.7 Å². The highest BCUT2D eigenvalue weighted by Gasteiger charge is 2.21. The minimum atomic E-state index is -0.194. The van der Waals surface area contributed by atoms with E-state index < -0.39 is 0 Å². The van der Waals surface area contributed by atoms with Crippen molar-refractivity contribution < 1.29 is 14.3 Å². The van der Waals surface area contributed by atoms with Gasteiger partial charge in [-0.25, -0.2) is 0 Å². The van der Waals surface area contributed by atoms with E-state index in [9.17, 15) is 9.90 Å². The van der Waals surface area contributed by atoms with Gasteiger partial charge >= 0.3 is 0 Å². The number of aryl methyl sites for hydroxylation is 1. The van der Waals surface area contributed by atoms with Crippen LogP contribution in [0.1, 0.15) is 48.7 Å². The predicted molar refractivity (Wildman–Crippen MR) is 68.4 cm³/mol. The summed E-state index contributed by atoms with van der Waals surface area (Å²) < 4.78 is 5.24. The highest BCUT2D eigenvalue weighted by atomic mass is 16.3. The molecule has 4 heteroatoms. The maximum atomic E-state index is 12.0. The molecule has 1 aromatic heterocycles. The van der Waals surface area contributed by atoms with Crippen LogP contribution in [-0.2, 0) is 6.42 Å². The number of aliphatic hydroxyl groups is 1. The van der Waals surface area contributed by atoms with E-state index in [1.54, 1.807) is 12.3 Å². The van der Waals surface area contributed by atoms with Crippen molar-refractivity contribution in [3.8, 4) is 0 Å². The molecule has 18 heavy (non-hydrogen) atoms. The first kappa shape index (κ1) is 13.1. The molecule has 100 valence electrons. The molecule has 0 radical (unpaired) electrons. The van der Waals surface area contributed by atoms with E-state index in [0.717, 1.165) is 37.9 Å². The number of nitrogens with one attached hydrogen (secondary N) is 1. The topological polar surface area (TPSA) is 62.5 Å². The molecule has 1 heterocycles. The van der Waals surface area contributed by atoms with Crippen molar-refractivity contribution in [3.05, 3.63) is 23.7 Å². The lowest BCUT2D eigenvalue weighted by molar-refractivity contribution is 0.0872. The molecule has 1 saturated carbocycles. The molecule has 0 aromatic carbocycles. The van der Waals surface area contributed by atoms with Crippen LogP contribution in [0.4, 0.5) is 0 Å². The standard InChI is InChI=1S/C14H21NO3/c1-2-13-12(6-7-18-13)14(17)15-9-10-4-3-5-11(16)8-10/h6-7,10-11,16H,2-5,8-9H2,1H3,(H,15,17). The van der Waals surface area contributed by atoms with Gasteiger partial charge in [-0.3, -0.25) is 4.79 Å².